The van der Waals surface area contributed by atoms with E-state index in [1.54, 1.807) is 6.08 Å². The molecule has 1 heterocycles. The van der Waals surface area contributed by atoms with E-state index in [0.29, 0.717) is 16.9 Å². The molecule has 0 fully saturated rings. The molecule has 5 nitrogen and oxygen atoms in total. The first-order valence-electron chi connectivity index (χ1n) is 6.07. The van der Waals surface area contributed by atoms with Gasteiger partial charge in [-0.25, -0.2) is 4.39 Å². The summed E-state index contributed by atoms with van der Waals surface area (Å²) in [5.41, 5.74) is 0.877. The highest BCUT2D eigenvalue weighted by Gasteiger charge is 2.20. The van der Waals surface area contributed by atoms with Crippen LogP contribution in [0.2, 0.25) is 0 Å². The minimum absolute atomic E-state index is 0.0921. The number of carbonyl (C=O) groups excluding carboxylic acids is 1. The number of likely N-dealkylation sites (N-methyl/N-ethyl adjacent to an activating group) is 1. The van der Waals surface area contributed by atoms with E-state index in [9.17, 15) is 14.0 Å². The van der Waals surface area contributed by atoms with Crippen molar-refractivity contribution in [1.82, 2.24) is 4.90 Å². The lowest BCUT2D eigenvalue weighted by molar-refractivity contribution is -0.137. The zero-order valence-corrected chi connectivity index (χ0v) is 10.9. The van der Waals surface area contributed by atoms with E-state index in [-0.39, 0.29) is 25.5 Å². The van der Waals surface area contributed by atoms with Crippen LogP contribution in [0.1, 0.15) is 12.0 Å². The second-order valence-corrected chi connectivity index (χ2v) is 4.51. The second-order valence-electron chi connectivity index (χ2n) is 4.51. The molecule has 1 aromatic rings. The first-order chi connectivity index (χ1) is 9.47. The predicted molar refractivity (Wildman–Crippen MR) is 69.8 cm³/mol. The van der Waals surface area contributed by atoms with Crippen molar-refractivity contribution >= 4 is 18.0 Å². The Balaban J connectivity index is 2.13. The SMILES string of the molecule is CN(CCC(=O)O)C(=O)C1=Cc2cc(F)ccc2OC1. The molecule has 0 bridgehead atoms. The van der Waals surface area contributed by atoms with Crippen LogP contribution in [-0.2, 0) is 9.59 Å². The van der Waals surface area contributed by atoms with Crippen molar-refractivity contribution in [2.75, 3.05) is 20.2 Å². The first kappa shape index (κ1) is 14.0. The van der Waals surface area contributed by atoms with Crippen LogP contribution >= 0.6 is 0 Å². The third-order valence-corrected chi connectivity index (χ3v) is 2.97. The van der Waals surface area contributed by atoms with E-state index >= 15 is 0 Å². The number of aliphatic carboxylic acids is 1. The zero-order valence-electron chi connectivity index (χ0n) is 10.9. The van der Waals surface area contributed by atoms with Crippen LogP contribution in [0.4, 0.5) is 4.39 Å². The summed E-state index contributed by atoms with van der Waals surface area (Å²) >= 11 is 0. The van der Waals surface area contributed by atoms with Crippen molar-refractivity contribution in [3.63, 3.8) is 0 Å². The van der Waals surface area contributed by atoms with Gasteiger partial charge < -0.3 is 14.7 Å². The van der Waals surface area contributed by atoms with Crippen molar-refractivity contribution in [1.29, 1.82) is 0 Å². The summed E-state index contributed by atoms with van der Waals surface area (Å²) in [4.78, 5) is 23.9. The number of benzene rings is 1. The van der Waals surface area contributed by atoms with Crippen LogP contribution in [0, 0.1) is 5.82 Å². The van der Waals surface area contributed by atoms with E-state index < -0.39 is 11.8 Å². The monoisotopic (exact) mass is 279 g/mol. The van der Waals surface area contributed by atoms with E-state index in [2.05, 4.69) is 0 Å². The fourth-order valence-corrected chi connectivity index (χ4v) is 1.88. The summed E-state index contributed by atoms with van der Waals surface area (Å²) in [5, 5.41) is 8.60. The molecule has 20 heavy (non-hydrogen) atoms. The van der Waals surface area contributed by atoms with Crippen molar-refractivity contribution in [2.45, 2.75) is 6.42 Å². The third-order valence-electron chi connectivity index (χ3n) is 2.97. The van der Waals surface area contributed by atoms with E-state index in [1.165, 1.54) is 30.1 Å². The van der Waals surface area contributed by atoms with Gasteiger partial charge in [0.2, 0.25) is 0 Å². The maximum atomic E-state index is 13.1. The smallest absolute Gasteiger partial charge is 0.305 e. The van der Waals surface area contributed by atoms with Crippen LogP contribution in [0.5, 0.6) is 5.75 Å². The molecule has 6 heteroatoms. The molecule has 0 atom stereocenters. The van der Waals surface area contributed by atoms with Gasteiger partial charge in [0.05, 0.1) is 12.0 Å². The maximum Gasteiger partial charge on any atom is 0.305 e. The topological polar surface area (TPSA) is 66.8 Å². The van der Waals surface area contributed by atoms with E-state index in [0.717, 1.165) is 0 Å². The molecular weight excluding hydrogens is 265 g/mol. The highest BCUT2D eigenvalue weighted by atomic mass is 19.1. The van der Waals surface area contributed by atoms with Gasteiger partial charge in [-0.05, 0) is 24.3 Å². The molecular formula is C14H14FNO4. The Hall–Kier alpha value is -2.37. The van der Waals surface area contributed by atoms with Crippen molar-refractivity contribution < 1.29 is 23.8 Å². The van der Waals surface area contributed by atoms with Crippen LogP contribution in [0.25, 0.3) is 6.08 Å². The Morgan fingerprint density at radius 2 is 2.20 bits per heavy atom. The average molecular weight is 279 g/mol. The lowest BCUT2D eigenvalue weighted by atomic mass is 10.1. The summed E-state index contributed by atoms with van der Waals surface area (Å²) in [5.74, 6) is -1.17. The molecule has 1 aromatic carbocycles. The Morgan fingerprint density at radius 1 is 1.45 bits per heavy atom. The molecule has 0 unspecified atom stereocenters. The van der Waals surface area contributed by atoms with Gasteiger partial charge in [0.25, 0.3) is 5.91 Å². The number of nitrogens with zero attached hydrogens (tertiary/aromatic N) is 1. The van der Waals surface area contributed by atoms with Gasteiger partial charge in [-0.15, -0.1) is 0 Å². The number of hydrogen-bond donors (Lipinski definition) is 1. The molecule has 0 spiro atoms. The molecule has 0 aromatic heterocycles. The van der Waals surface area contributed by atoms with Gasteiger partial charge in [0, 0.05) is 19.2 Å². The van der Waals surface area contributed by atoms with Gasteiger partial charge in [0.1, 0.15) is 18.2 Å². The molecule has 0 aliphatic carbocycles. The van der Waals surface area contributed by atoms with Crippen molar-refractivity contribution in [2.24, 2.45) is 0 Å². The third kappa shape index (κ3) is 3.14. The number of ether oxygens (including phenoxy) is 1. The Bertz CT molecular complexity index is 583. The standard InChI is InChI=1S/C14H14FNO4/c1-16(5-4-13(17)18)14(19)10-6-9-7-11(15)2-3-12(9)20-8-10/h2-3,6-7H,4-5,8H2,1H3,(H,17,18). The highest BCUT2D eigenvalue weighted by molar-refractivity contribution is 5.99. The number of carboxylic acids is 1. The number of halogens is 1. The molecule has 1 amide bonds. The summed E-state index contributed by atoms with van der Waals surface area (Å²) < 4.78 is 18.5. The number of fused-ring (bicyclic) bond motifs is 1. The van der Waals surface area contributed by atoms with E-state index in [1.807, 2.05) is 0 Å². The molecule has 2 rings (SSSR count). The average Bonchev–Trinajstić information content (AvgIpc) is 2.43. The fraction of sp³-hybridized carbons (Fsp3) is 0.286. The molecule has 1 aliphatic rings. The first-order valence-corrected chi connectivity index (χ1v) is 6.07. The quantitative estimate of drug-likeness (QED) is 0.907. The predicted octanol–water partition coefficient (Wildman–Crippen LogP) is 1.53. The summed E-state index contributed by atoms with van der Waals surface area (Å²) in [6.45, 7) is 0.205. The molecule has 0 radical (unpaired) electrons. The summed E-state index contributed by atoms with van der Waals surface area (Å²) in [6, 6.07) is 4.09. The molecule has 1 N–H and O–H groups in total. The number of hydrogen-bond acceptors (Lipinski definition) is 3. The van der Waals surface area contributed by atoms with Gasteiger partial charge in [-0.2, -0.15) is 0 Å². The van der Waals surface area contributed by atoms with Crippen LogP contribution < -0.4 is 4.74 Å². The molecule has 0 saturated heterocycles. The lowest BCUT2D eigenvalue weighted by Gasteiger charge is -2.22. The molecule has 0 saturated carbocycles. The van der Waals surface area contributed by atoms with Crippen LogP contribution in [0.15, 0.2) is 23.8 Å². The molecule has 106 valence electrons. The number of rotatable bonds is 4. The van der Waals surface area contributed by atoms with Gasteiger partial charge in [-0.3, -0.25) is 9.59 Å². The molecule has 1 aliphatic heterocycles. The zero-order chi connectivity index (χ0) is 14.7. The fourth-order valence-electron chi connectivity index (χ4n) is 1.88. The number of carboxylic acid groups (broad SMARTS) is 1. The minimum atomic E-state index is -0.967. The minimum Gasteiger partial charge on any atom is -0.488 e. The van der Waals surface area contributed by atoms with Gasteiger partial charge in [0.15, 0.2) is 0 Å². The lowest BCUT2D eigenvalue weighted by Crippen LogP contribution is -2.32. The van der Waals surface area contributed by atoms with E-state index in [4.69, 9.17) is 9.84 Å². The van der Waals surface area contributed by atoms with Gasteiger partial charge in [-0.1, -0.05) is 0 Å². The van der Waals surface area contributed by atoms with Crippen LogP contribution in [-0.4, -0.2) is 42.1 Å². The van der Waals surface area contributed by atoms with Crippen molar-refractivity contribution in [3.8, 4) is 5.75 Å². The van der Waals surface area contributed by atoms with Crippen molar-refractivity contribution in [3.05, 3.63) is 35.2 Å². The number of carbonyl (C=O) groups is 2. The maximum absolute atomic E-state index is 13.1. The highest BCUT2D eigenvalue weighted by Crippen LogP contribution is 2.27. The van der Waals surface area contributed by atoms with Crippen LogP contribution in [0.3, 0.4) is 0 Å². The summed E-state index contributed by atoms with van der Waals surface area (Å²) in [7, 11) is 1.52. The second kappa shape index (κ2) is 5.73. The normalized spacial score (nSPS) is 13.0. The summed E-state index contributed by atoms with van der Waals surface area (Å²) in [6.07, 6.45) is 1.45. The Kier molecular flexibility index (Phi) is 4.02. The Labute approximate surface area is 115 Å². The number of amides is 1. The van der Waals surface area contributed by atoms with Gasteiger partial charge >= 0.3 is 5.97 Å². The Morgan fingerprint density at radius 3 is 2.90 bits per heavy atom. The largest absolute Gasteiger partial charge is 0.488 e.